The number of hydrogen-bond donors (Lipinski definition) is 1. The van der Waals surface area contributed by atoms with E-state index in [0.717, 1.165) is 36.2 Å². The first-order valence-electron chi connectivity index (χ1n) is 6.23. The fourth-order valence-electron chi connectivity index (χ4n) is 2.67. The molecule has 1 aromatic carbocycles. The Morgan fingerprint density at radius 3 is 3.11 bits per heavy atom. The minimum absolute atomic E-state index is 0.155. The van der Waals surface area contributed by atoms with Gasteiger partial charge in [-0.05, 0) is 43.0 Å². The highest BCUT2D eigenvalue weighted by Crippen LogP contribution is 2.32. The molecule has 3 nitrogen and oxygen atoms in total. The molecular formula is C14H15FN2O. The van der Waals surface area contributed by atoms with E-state index in [4.69, 9.17) is 0 Å². The van der Waals surface area contributed by atoms with Crippen LogP contribution in [0.1, 0.15) is 30.0 Å². The van der Waals surface area contributed by atoms with Crippen molar-refractivity contribution in [3.05, 3.63) is 47.5 Å². The summed E-state index contributed by atoms with van der Waals surface area (Å²) in [5, 5.41) is 13.7. The number of rotatable bonds is 2. The molecule has 2 aromatic rings. The zero-order chi connectivity index (χ0) is 12.5. The van der Waals surface area contributed by atoms with E-state index in [1.54, 1.807) is 16.9 Å². The summed E-state index contributed by atoms with van der Waals surface area (Å²) in [5.74, 6) is -0.0812. The molecule has 0 saturated heterocycles. The molecule has 0 bridgehead atoms. The average Bonchev–Trinajstić information content (AvgIpc) is 2.82. The molecular weight excluding hydrogens is 231 g/mol. The number of aromatic nitrogens is 2. The lowest BCUT2D eigenvalue weighted by atomic mass is 9.87. The molecule has 1 N–H and O–H groups in total. The monoisotopic (exact) mass is 246 g/mol. The van der Waals surface area contributed by atoms with E-state index in [1.165, 1.54) is 12.1 Å². The van der Waals surface area contributed by atoms with Crippen LogP contribution in [-0.2, 0) is 6.42 Å². The van der Waals surface area contributed by atoms with Gasteiger partial charge in [-0.2, -0.15) is 5.10 Å². The summed E-state index contributed by atoms with van der Waals surface area (Å²) >= 11 is 0. The van der Waals surface area contributed by atoms with Gasteiger partial charge in [0.15, 0.2) is 0 Å². The Labute approximate surface area is 105 Å². The summed E-state index contributed by atoms with van der Waals surface area (Å²) in [6, 6.07) is 6.44. The zero-order valence-corrected chi connectivity index (χ0v) is 10.0. The molecule has 94 valence electrons. The predicted molar refractivity (Wildman–Crippen MR) is 66.3 cm³/mol. The van der Waals surface area contributed by atoms with E-state index in [-0.39, 0.29) is 18.3 Å². The van der Waals surface area contributed by atoms with Crippen LogP contribution in [0, 0.1) is 5.82 Å². The van der Waals surface area contributed by atoms with Crippen molar-refractivity contribution in [1.29, 1.82) is 0 Å². The number of benzene rings is 1. The molecule has 4 heteroatoms. The summed E-state index contributed by atoms with van der Waals surface area (Å²) in [5.41, 5.74) is 2.95. The van der Waals surface area contributed by atoms with Gasteiger partial charge in [0.25, 0.3) is 0 Å². The van der Waals surface area contributed by atoms with Gasteiger partial charge in [0.1, 0.15) is 5.82 Å². The van der Waals surface area contributed by atoms with Gasteiger partial charge in [0.05, 0.1) is 18.5 Å². The Morgan fingerprint density at radius 1 is 1.44 bits per heavy atom. The van der Waals surface area contributed by atoms with Gasteiger partial charge in [-0.25, -0.2) is 9.07 Å². The Bertz CT molecular complexity index is 565. The summed E-state index contributed by atoms with van der Waals surface area (Å²) < 4.78 is 15.0. The Kier molecular flexibility index (Phi) is 2.88. The molecule has 1 aromatic heterocycles. The fourth-order valence-corrected chi connectivity index (χ4v) is 2.67. The van der Waals surface area contributed by atoms with Gasteiger partial charge in [-0.1, -0.05) is 6.07 Å². The molecule has 1 atom stereocenters. The number of halogens is 1. The molecule has 1 heterocycles. The van der Waals surface area contributed by atoms with Crippen LogP contribution in [0.25, 0.3) is 5.69 Å². The quantitative estimate of drug-likeness (QED) is 0.883. The molecule has 0 unspecified atom stereocenters. The number of fused-ring (bicyclic) bond motifs is 1. The lowest BCUT2D eigenvalue weighted by Gasteiger charge is -2.21. The normalized spacial score (nSPS) is 18.7. The number of hydrogen-bond acceptors (Lipinski definition) is 2. The molecule has 0 spiro atoms. The lowest BCUT2D eigenvalue weighted by Crippen LogP contribution is -2.14. The lowest BCUT2D eigenvalue weighted by molar-refractivity contribution is 0.252. The van der Waals surface area contributed by atoms with Gasteiger partial charge in [0.2, 0.25) is 0 Å². The summed E-state index contributed by atoms with van der Waals surface area (Å²) in [4.78, 5) is 0. The third-order valence-corrected chi connectivity index (χ3v) is 3.58. The SMILES string of the molecule is OC[C@H]1CCCc2c1cnn2-c1cccc(F)c1. The van der Waals surface area contributed by atoms with Crippen LogP contribution >= 0.6 is 0 Å². The zero-order valence-electron chi connectivity index (χ0n) is 10.0. The van der Waals surface area contributed by atoms with Crippen molar-refractivity contribution >= 4 is 0 Å². The van der Waals surface area contributed by atoms with Crippen LogP contribution in [0.2, 0.25) is 0 Å². The van der Waals surface area contributed by atoms with Crippen LogP contribution in [0.4, 0.5) is 4.39 Å². The number of aliphatic hydroxyl groups excluding tert-OH is 1. The first kappa shape index (κ1) is 11.4. The molecule has 18 heavy (non-hydrogen) atoms. The maximum atomic E-state index is 13.3. The smallest absolute Gasteiger partial charge is 0.125 e. The van der Waals surface area contributed by atoms with Crippen LogP contribution in [0.15, 0.2) is 30.5 Å². The number of aliphatic hydroxyl groups is 1. The third kappa shape index (κ3) is 1.82. The molecule has 3 rings (SSSR count). The highest BCUT2D eigenvalue weighted by atomic mass is 19.1. The Hall–Kier alpha value is -1.68. The fraction of sp³-hybridized carbons (Fsp3) is 0.357. The summed E-state index contributed by atoms with van der Waals surface area (Å²) in [6.07, 6.45) is 4.78. The van der Waals surface area contributed by atoms with Gasteiger partial charge in [-0.3, -0.25) is 0 Å². The van der Waals surface area contributed by atoms with Crippen LogP contribution in [0.3, 0.4) is 0 Å². The molecule has 1 aliphatic rings. The Morgan fingerprint density at radius 2 is 2.33 bits per heavy atom. The molecule has 0 saturated carbocycles. The minimum atomic E-state index is -0.258. The van der Waals surface area contributed by atoms with E-state index in [0.29, 0.717) is 0 Å². The molecule has 0 fully saturated rings. The van der Waals surface area contributed by atoms with Crippen molar-refractivity contribution in [2.24, 2.45) is 0 Å². The average molecular weight is 246 g/mol. The van der Waals surface area contributed by atoms with Gasteiger partial charge in [0, 0.05) is 11.6 Å². The Balaban J connectivity index is 2.07. The molecule has 0 amide bonds. The van der Waals surface area contributed by atoms with Crippen LogP contribution < -0.4 is 0 Å². The van der Waals surface area contributed by atoms with Gasteiger partial charge in [-0.15, -0.1) is 0 Å². The minimum Gasteiger partial charge on any atom is -0.396 e. The second-order valence-electron chi connectivity index (χ2n) is 4.71. The molecule has 1 aliphatic carbocycles. The maximum absolute atomic E-state index is 13.3. The van der Waals surface area contributed by atoms with Crippen molar-refractivity contribution in [2.45, 2.75) is 25.2 Å². The second kappa shape index (κ2) is 4.53. The van der Waals surface area contributed by atoms with Crippen molar-refractivity contribution in [3.8, 4) is 5.69 Å². The first-order chi connectivity index (χ1) is 8.79. The largest absolute Gasteiger partial charge is 0.396 e. The maximum Gasteiger partial charge on any atom is 0.125 e. The topological polar surface area (TPSA) is 38.1 Å². The van der Waals surface area contributed by atoms with Crippen molar-refractivity contribution < 1.29 is 9.50 Å². The van der Waals surface area contributed by atoms with E-state index >= 15 is 0 Å². The predicted octanol–water partition coefficient (Wildman–Crippen LogP) is 2.42. The van der Waals surface area contributed by atoms with Crippen molar-refractivity contribution in [1.82, 2.24) is 9.78 Å². The number of nitrogens with zero attached hydrogens (tertiary/aromatic N) is 2. The van der Waals surface area contributed by atoms with E-state index in [1.807, 2.05) is 6.07 Å². The molecule has 0 radical (unpaired) electrons. The van der Waals surface area contributed by atoms with E-state index in [2.05, 4.69) is 5.10 Å². The highest BCUT2D eigenvalue weighted by molar-refractivity contribution is 5.37. The standard InChI is InChI=1S/C14H15FN2O/c15-11-4-2-5-12(7-11)17-14-6-1-3-10(9-18)13(14)8-16-17/h2,4-5,7-8,10,18H,1,3,6,9H2/t10-/m1/s1. The third-order valence-electron chi connectivity index (χ3n) is 3.58. The first-order valence-corrected chi connectivity index (χ1v) is 6.23. The van der Waals surface area contributed by atoms with Crippen molar-refractivity contribution in [2.75, 3.05) is 6.61 Å². The van der Waals surface area contributed by atoms with E-state index < -0.39 is 0 Å². The second-order valence-corrected chi connectivity index (χ2v) is 4.71. The summed E-state index contributed by atoms with van der Waals surface area (Å²) in [6.45, 7) is 0.155. The van der Waals surface area contributed by atoms with Crippen LogP contribution in [0.5, 0.6) is 0 Å². The molecule has 0 aliphatic heterocycles. The van der Waals surface area contributed by atoms with Gasteiger partial charge >= 0.3 is 0 Å². The van der Waals surface area contributed by atoms with Crippen LogP contribution in [-0.4, -0.2) is 21.5 Å². The van der Waals surface area contributed by atoms with Crippen molar-refractivity contribution in [3.63, 3.8) is 0 Å². The van der Waals surface area contributed by atoms with E-state index in [9.17, 15) is 9.50 Å². The van der Waals surface area contributed by atoms with Gasteiger partial charge < -0.3 is 5.11 Å². The highest BCUT2D eigenvalue weighted by Gasteiger charge is 2.24. The summed E-state index contributed by atoms with van der Waals surface area (Å²) in [7, 11) is 0.